The Morgan fingerprint density at radius 3 is 2.72 bits per heavy atom. The van der Waals surface area contributed by atoms with Crippen LogP contribution < -0.4 is 5.32 Å². The summed E-state index contributed by atoms with van der Waals surface area (Å²) in [5.74, 6) is 0.491. The maximum absolute atomic E-state index is 12.1. The van der Waals surface area contributed by atoms with Gasteiger partial charge >= 0.3 is 0 Å². The molecule has 0 radical (unpaired) electrons. The Labute approximate surface area is 114 Å². The molecule has 0 aliphatic heterocycles. The normalized spacial score (nSPS) is 16.5. The van der Waals surface area contributed by atoms with Gasteiger partial charge in [0, 0.05) is 17.4 Å². The molecule has 18 heavy (non-hydrogen) atoms. The maximum Gasteiger partial charge on any atom is 0.223 e. The van der Waals surface area contributed by atoms with Gasteiger partial charge in [-0.15, -0.1) is 11.8 Å². The number of nitrogens with one attached hydrogen (secondary N) is 1. The molecule has 1 aliphatic rings. The summed E-state index contributed by atoms with van der Waals surface area (Å²) in [6.07, 6.45) is 7.91. The Kier molecular flexibility index (Phi) is 5.12. The number of benzene rings is 1. The molecule has 1 saturated carbocycles. The monoisotopic (exact) mass is 263 g/mol. The number of hydrogen-bond acceptors (Lipinski definition) is 2. The number of rotatable bonds is 4. The van der Waals surface area contributed by atoms with E-state index in [2.05, 4.69) is 23.7 Å². The van der Waals surface area contributed by atoms with E-state index in [4.69, 9.17) is 0 Å². The lowest BCUT2D eigenvalue weighted by Crippen LogP contribution is -2.31. The predicted octanol–water partition coefficient (Wildman–Crippen LogP) is 3.61. The minimum absolute atomic E-state index is 0.241. The summed E-state index contributed by atoms with van der Waals surface area (Å²) in [6.45, 7) is 0.659. The Bertz CT molecular complexity index is 399. The zero-order valence-electron chi connectivity index (χ0n) is 10.9. The van der Waals surface area contributed by atoms with Crippen molar-refractivity contribution in [1.29, 1.82) is 0 Å². The molecule has 0 heterocycles. The van der Waals surface area contributed by atoms with E-state index in [1.165, 1.54) is 29.7 Å². The van der Waals surface area contributed by atoms with Crippen molar-refractivity contribution in [3.63, 3.8) is 0 Å². The smallest absolute Gasteiger partial charge is 0.223 e. The fourth-order valence-electron chi connectivity index (χ4n) is 2.54. The Morgan fingerprint density at radius 2 is 2.00 bits per heavy atom. The number of carbonyl (C=O) groups excluding carboxylic acids is 1. The SMILES string of the molecule is CSc1ccccc1CNC(=O)C1CCCCC1. The molecule has 1 fully saturated rings. The van der Waals surface area contributed by atoms with Crippen molar-refractivity contribution in [2.45, 2.75) is 43.5 Å². The van der Waals surface area contributed by atoms with E-state index in [9.17, 15) is 4.79 Å². The second-order valence-electron chi connectivity index (χ2n) is 4.86. The van der Waals surface area contributed by atoms with E-state index >= 15 is 0 Å². The first-order chi connectivity index (χ1) is 8.81. The van der Waals surface area contributed by atoms with E-state index in [-0.39, 0.29) is 11.8 Å². The molecule has 2 nitrogen and oxygen atoms in total. The van der Waals surface area contributed by atoms with Crippen LogP contribution in [0.5, 0.6) is 0 Å². The van der Waals surface area contributed by atoms with E-state index in [0.29, 0.717) is 6.54 Å². The fourth-order valence-corrected chi connectivity index (χ4v) is 3.16. The summed E-state index contributed by atoms with van der Waals surface area (Å²) < 4.78 is 0. The lowest BCUT2D eigenvalue weighted by atomic mass is 9.88. The quantitative estimate of drug-likeness (QED) is 0.841. The van der Waals surface area contributed by atoms with Crippen molar-refractivity contribution >= 4 is 17.7 Å². The zero-order chi connectivity index (χ0) is 12.8. The minimum Gasteiger partial charge on any atom is -0.352 e. The van der Waals surface area contributed by atoms with Gasteiger partial charge < -0.3 is 5.32 Å². The standard InChI is InChI=1S/C15H21NOS/c1-18-14-10-6-5-9-13(14)11-16-15(17)12-7-3-2-4-8-12/h5-6,9-10,12H,2-4,7-8,11H2,1H3,(H,16,17). The van der Waals surface area contributed by atoms with Gasteiger partial charge in [-0.2, -0.15) is 0 Å². The van der Waals surface area contributed by atoms with Crippen LogP contribution in [0.25, 0.3) is 0 Å². The molecule has 1 aromatic rings. The summed E-state index contributed by atoms with van der Waals surface area (Å²) in [5, 5.41) is 3.09. The van der Waals surface area contributed by atoms with Crippen LogP contribution in [0, 0.1) is 5.92 Å². The molecule has 1 aliphatic carbocycles. The Balaban J connectivity index is 1.88. The molecule has 0 aromatic heterocycles. The summed E-state index contributed by atoms with van der Waals surface area (Å²) in [4.78, 5) is 13.3. The van der Waals surface area contributed by atoms with Crippen molar-refractivity contribution in [3.05, 3.63) is 29.8 Å². The van der Waals surface area contributed by atoms with Gasteiger partial charge in [-0.05, 0) is 30.7 Å². The Morgan fingerprint density at radius 1 is 1.28 bits per heavy atom. The summed E-state index contributed by atoms with van der Waals surface area (Å²) >= 11 is 1.73. The lowest BCUT2D eigenvalue weighted by molar-refractivity contribution is -0.126. The summed E-state index contributed by atoms with van der Waals surface area (Å²) in [7, 11) is 0. The molecule has 2 rings (SSSR count). The van der Waals surface area contributed by atoms with Crippen LogP contribution in [0.2, 0.25) is 0 Å². The predicted molar refractivity (Wildman–Crippen MR) is 76.6 cm³/mol. The molecule has 0 atom stereocenters. The number of carbonyl (C=O) groups is 1. The molecule has 1 aromatic carbocycles. The van der Waals surface area contributed by atoms with Gasteiger partial charge in [0.05, 0.1) is 0 Å². The van der Waals surface area contributed by atoms with Gasteiger partial charge in [0.1, 0.15) is 0 Å². The average molecular weight is 263 g/mol. The summed E-state index contributed by atoms with van der Waals surface area (Å²) in [6, 6.07) is 8.26. The average Bonchev–Trinajstić information content (AvgIpc) is 2.46. The van der Waals surface area contributed by atoms with Gasteiger partial charge in [-0.25, -0.2) is 0 Å². The molecule has 1 N–H and O–H groups in total. The first-order valence-electron chi connectivity index (χ1n) is 6.71. The fraction of sp³-hybridized carbons (Fsp3) is 0.533. The molecule has 1 amide bonds. The van der Waals surface area contributed by atoms with Crippen LogP contribution in [-0.2, 0) is 11.3 Å². The van der Waals surface area contributed by atoms with Crippen LogP contribution in [0.1, 0.15) is 37.7 Å². The highest BCUT2D eigenvalue weighted by atomic mass is 32.2. The van der Waals surface area contributed by atoms with E-state index in [1.54, 1.807) is 11.8 Å². The van der Waals surface area contributed by atoms with E-state index in [0.717, 1.165) is 12.8 Å². The maximum atomic E-state index is 12.1. The largest absolute Gasteiger partial charge is 0.352 e. The van der Waals surface area contributed by atoms with E-state index < -0.39 is 0 Å². The van der Waals surface area contributed by atoms with Gasteiger partial charge in [0.15, 0.2) is 0 Å². The van der Waals surface area contributed by atoms with Crippen LogP contribution in [0.15, 0.2) is 29.2 Å². The van der Waals surface area contributed by atoms with Gasteiger partial charge in [-0.3, -0.25) is 4.79 Å². The first kappa shape index (κ1) is 13.5. The van der Waals surface area contributed by atoms with Crippen molar-refractivity contribution in [2.75, 3.05) is 6.26 Å². The Hall–Kier alpha value is -0.960. The number of amides is 1. The third-order valence-corrected chi connectivity index (χ3v) is 4.46. The zero-order valence-corrected chi connectivity index (χ0v) is 11.8. The summed E-state index contributed by atoms with van der Waals surface area (Å²) in [5.41, 5.74) is 1.22. The molecule has 98 valence electrons. The molecule has 3 heteroatoms. The van der Waals surface area contributed by atoms with Crippen molar-refractivity contribution in [2.24, 2.45) is 5.92 Å². The number of thioether (sulfide) groups is 1. The van der Waals surface area contributed by atoms with Crippen LogP contribution in [0.4, 0.5) is 0 Å². The highest BCUT2D eigenvalue weighted by Gasteiger charge is 2.20. The highest BCUT2D eigenvalue weighted by molar-refractivity contribution is 7.98. The van der Waals surface area contributed by atoms with Crippen molar-refractivity contribution in [3.8, 4) is 0 Å². The first-order valence-corrected chi connectivity index (χ1v) is 7.93. The third kappa shape index (κ3) is 3.52. The highest BCUT2D eigenvalue weighted by Crippen LogP contribution is 2.24. The molecule has 0 saturated heterocycles. The number of hydrogen-bond donors (Lipinski definition) is 1. The topological polar surface area (TPSA) is 29.1 Å². The van der Waals surface area contributed by atoms with Crippen LogP contribution in [0.3, 0.4) is 0 Å². The van der Waals surface area contributed by atoms with Gasteiger partial charge in [0.25, 0.3) is 0 Å². The van der Waals surface area contributed by atoms with Crippen LogP contribution in [-0.4, -0.2) is 12.2 Å². The second kappa shape index (κ2) is 6.83. The van der Waals surface area contributed by atoms with Crippen LogP contribution >= 0.6 is 11.8 Å². The minimum atomic E-state index is 0.241. The van der Waals surface area contributed by atoms with Gasteiger partial charge in [-0.1, -0.05) is 37.5 Å². The molecule has 0 bridgehead atoms. The van der Waals surface area contributed by atoms with Crippen molar-refractivity contribution < 1.29 is 4.79 Å². The third-order valence-electron chi connectivity index (χ3n) is 3.62. The van der Waals surface area contributed by atoms with E-state index in [1.807, 2.05) is 12.1 Å². The van der Waals surface area contributed by atoms with Gasteiger partial charge in [0.2, 0.25) is 5.91 Å². The molecular weight excluding hydrogens is 242 g/mol. The lowest BCUT2D eigenvalue weighted by Gasteiger charge is -2.21. The molecule has 0 spiro atoms. The molecular formula is C15H21NOS. The second-order valence-corrected chi connectivity index (χ2v) is 5.71. The van der Waals surface area contributed by atoms with Crippen molar-refractivity contribution in [1.82, 2.24) is 5.32 Å². The molecule has 0 unspecified atom stereocenters.